The van der Waals surface area contributed by atoms with Gasteiger partial charge in [0, 0.05) is 19.5 Å². The normalized spacial score (nSPS) is 18.6. The molecule has 0 aliphatic heterocycles. The second-order valence-corrected chi connectivity index (χ2v) is 4.85. The van der Waals surface area contributed by atoms with Crippen LogP contribution in [0.3, 0.4) is 0 Å². The molecule has 1 aliphatic carbocycles. The Kier molecular flexibility index (Phi) is 4.30. The number of carbonyl (C=O) groups is 1. The summed E-state index contributed by atoms with van der Waals surface area (Å²) in [6.07, 6.45) is 5.99. The molecule has 0 bridgehead atoms. The molecule has 1 fully saturated rings. The summed E-state index contributed by atoms with van der Waals surface area (Å²) >= 11 is 0. The molecule has 6 nitrogen and oxygen atoms in total. The molecule has 0 saturated heterocycles. The van der Waals surface area contributed by atoms with Gasteiger partial charge in [0.25, 0.3) is 11.7 Å². The highest BCUT2D eigenvalue weighted by Crippen LogP contribution is 2.26. The average molecular weight is 252 g/mol. The zero-order valence-corrected chi connectivity index (χ0v) is 10.7. The van der Waals surface area contributed by atoms with Crippen LogP contribution >= 0.6 is 0 Å². The Balaban J connectivity index is 1.95. The van der Waals surface area contributed by atoms with Crippen molar-refractivity contribution in [2.24, 2.45) is 11.7 Å². The average Bonchev–Trinajstić information content (AvgIpc) is 2.83. The van der Waals surface area contributed by atoms with Crippen LogP contribution in [0.25, 0.3) is 0 Å². The molecule has 100 valence electrons. The standard InChI is InChI=1S/C12H20N4O2/c1-8-14-11(16-18-8)12(17)15-10(7-13)9-5-3-2-4-6-9/h9-10H,2-7,13H2,1H3,(H,15,17). The first-order valence-electron chi connectivity index (χ1n) is 6.52. The third-order valence-electron chi connectivity index (χ3n) is 3.52. The van der Waals surface area contributed by atoms with Gasteiger partial charge in [-0.25, -0.2) is 0 Å². The van der Waals surface area contributed by atoms with E-state index in [0.29, 0.717) is 18.4 Å². The summed E-state index contributed by atoms with van der Waals surface area (Å²) in [4.78, 5) is 15.8. The maximum Gasteiger partial charge on any atom is 0.292 e. The summed E-state index contributed by atoms with van der Waals surface area (Å²) < 4.78 is 4.79. The van der Waals surface area contributed by atoms with Gasteiger partial charge in [-0.15, -0.1) is 0 Å². The van der Waals surface area contributed by atoms with Gasteiger partial charge in [0.15, 0.2) is 0 Å². The van der Waals surface area contributed by atoms with Crippen molar-refractivity contribution in [1.29, 1.82) is 0 Å². The van der Waals surface area contributed by atoms with Gasteiger partial charge in [-0.3, -0.25) is 4.79 Å². The lowest BCUT2D eigenvalue weighted by Gasteiger charge is -2.29. The smallest absolute Gasteiger partial charge is 0.292 e. The highest BCUT2D eigenvalue weighted by atomic mass is 16.5. The van der Waals surface area contributed by atoms with Crippen molar-refractivity contribution in [2.45, 2.75) is 45.1 Å². The largest absolute Gasteiger partial charge is 0.345 e. The molecular weight excluding hydrogens is 232 g/mol. The van der Waals surface area contributed by atoms with Crippen LogP contribution in [0.4, 0.5) is 0 Å². The van der Waals surface area contributed by atoms with Gasteiger partial charge < -0.3 is 15.6 Å². The summed E-state index contributed by atoms with van der Waals surface area (Å²) in [6.45, 7) is 2.11. The SMILES string of the molecule is Cc1nc(C(=O)NC(CN)C2CCCCC2)no1. The number of nitrogens with one attached hydrogen (secondary N) is 1. The van der Waals surface area contributed by atoms with E-state index in [-0.39, 0.29) is 17.8 Å². The van der Waals surface area contributed by atoms with Crippen molar-refractivity contribution in [3.63, 3.8) is 0 Å². The zero-order valence-electron chi connectivity index (χ0n) is 10.7. The molecule has 1 aromatic heterocycles. The molecule has 1 aliphatic rings. The van der Waals surface area contributed by atoms with E-state index < -0.39 is 0 Å². The van der Waals surface area contributed by atoms with Crippen LogP contribution in [0.1, 0.15) is 48.6 Å². The van der Waals surface area contributed by atoms with Crippen LogP contribution < -0.4 is 11.1 Å². The van der Waals surface area contributed by atoms with Crippen LogP contribution in [0.2, 0.25) is 0 Å². The quantitative estimate of drug-likeness (QED) is 0.834. The third-order valence-corrected chi connectivity index (χ3v) is 3.52. The minimum atomic E-state index is -0.298. The van der Waals surface area contributed by atoms with Crippen LogP contribution in [-0.4, -0.2) is 28.6 Å². The molecule has 2 rings (SSSR count). The number of nitrogens with two attached hydrogens (primary N) is 1. The zero-order chi connectivity index (χ0) is 13.0. The van der Waals surface area contributed by atoms with E-state index in [1.54, 1.807) is 6.92 Å². The van der Waals surface area contributed by atoms with Gasteiger partial charge in [0.1, 0.15) is 0 Å². The molecular formula is C12H20N4O2. The summed E-state index contributed by atoms with van der Waals surface area (Å²) in [7, 11) is 0. The molecule has 6 heteroatoms. The summed E-state index contributed by atoms with van der Waals surface area (Å²) in [5.74, 6) is 0.650. The molecule has 1 aromatic rings. The van der Waals surface area contributed by atoms with Crippen molar-refractivity contribution < 1.29 is 9.32 Å². The lowest BCUT2D eigenvalue weighted by atomic mass is 9.84. The third kappa shape index (κ3) is 3.07. The molecule has 1 heterocycles. The van der Waals surface area contributed by atoms with Crippen molar-refractivity contribution in [3.8, 4) is 0 Å². The van der Waals surface area contributed by atoms with E-state index in [0.717, 1.165) is 12.8 Å². The second kappa shape index (κ2) is 5.95. The predicted octanol–water partition coefficient (Wildman–Crippen LogP) is 1.02. The molecule has 1 unspecified atom stereocenters. The van der Waals surface area contributed by atoms with E-state index in [9.17, 15) is 4.79 Å². The first kappa shape index (κ1) is 13.0. The second-order valence-electron chi connectivity index (χ2n) is 4.85. The van der Waals surface area contributed by atoms with E-state index in [1.165, 1.54) is 19.3 Å². The molecule has 0 radical (unpaired) electrons. The number of hydrogen-bond acceptors (Lipinski definition) is 5. The van der Waals surface area contributed by atoms with Crippen LogP contribution in [-0.2, 0) is 0 Å². The molecule has 0 aromatic carbocycles. The van der Waals surface area contributed by atoms with Crippen LogP contribution in [0.15, 0.2) is 4.52 Å². The number of carbonyl (C=O) groups excluding carboxylic acids is 1. The molecule has 1 atom stereocenters. The Hall–Kier alpha value is -1.43. The Bertz CT molecular complexity index is 399. The number of amides is 1. The van der Waals surface area contributed by atoms with Crippen LogP contribution in [0, 0.1) is 12.8 Å². The van der Waals surface area contributed by atoms with Crippen molar-refractivity contribution in [2.75, 3.05) is 6.54 Å². The van der Waals surface area contributed by atoms with E-state index in [1.807, 2.05) is 0 Å². The Morgan fingerprint density at radius 1 is 1.50 bits per heavy atom. The fraction of sp³-hybridized carbons (Fsp3) is 0.750. The van der Waals surface area contributed by atoms with Crippen molar-refractivity contribution in [3.05, 3.63) is 11.7 Å². The minimum Gasteiger partial charge on any atom is -0.345 e. The highest BCUT2D eigenvalue weighted by molar-refractivity contribution is 5.90. The number of aromatic nitrogens is 2. The minimum absolute atomic E-state index is 0.0107. The number of nitrogens with zero attached hydrogens (tertiary/aromatic N) is 2. The van der Waals surface area contributed by atoms with Gasteiger partial charge in [-0.2, -0.15) is 4.98 Å². The van der Waals surface area contributed by atoms with E-state index in [2.05, 4.69) is 15.5 Å². The van der Waals surface area contributed by atoms with Gasteiger partial charge >= 0.3 is 0 Å². The molecule has 1 amide bonds. The Morgan fingerprint density at radius 3 is 2.78 bits per heavy atom. The van der Waals surface area contributed by atoms with Gasteiger partial charge in [-0.05, 0) is 18.8 Å². The lowest BCUT2D eigenvalue weighted by Crippen LogP contribution is -2.46. The monoisotopic (exact) mass is 252 g/mol. The maximum absolute atomic E-state index is 11.9. The van der Waals surface area contributed by atoms with E-state index in [4.69, 9.17) is 10.3 Å². The number of rotatable bonds is 4. The molecule has 18 heavy (non-hydrogen) atoms. The molecule has 3 N–H and O–H groups in total. The van der Waals surface area contributed by atoms with Crippen molar-refractivity contribution >= 4 is 5.91 Å². The predicted molar refractivity (Wildman–Crippen MR) is 65.9 cm³/mol. The number of aryl methyl sites for hydroxylation is 1. The lowest BCUT2D eigenvalue weighted by molar-refractivity contribution is 0.0902. The van der Waals surface area contributed by atoms with Gasteiger partial charge in [0.05, 0.1) is 0 Å². The van der Waals surface area contributed by atoms with Gasteiger partial charge in [0.2, 0.25) is 5.89 Å². The Morgan fingerprint density at radius 2 is 2.22 bits per heavy atom. The summed E-state index contributed by atoms with van der Waals surface area (Å²) in [6, 6.07) is 0.0107. The molecule has 0 spiro atoms. The first-order chi connectivity index (χ1) is 8.70. The Labute approximate surface area is 106 Å². The van der Waals surface area contributed by atoms with Crippen LogP contribution in [0.5, 0.6) is 0 Å². The fourth-order valence-electron chi connectivity index (χ4n) is 2.53. The number of hydrogen-bond donors (Lipinski definition) is 2. The van der Waals surface area contributed by atoms with Gasteiger partial charge in [-0.1, -0.05) is 24.4 Å². The summed E-state index contributed by atoms with van der Waals surface area (Å²) in [5, 5.41) is 6.53. The van der Waals surface area contributed by atoms with E-state index >= 15 is 0 Å². The summed E-state index contributed by atoms with van der Waals surface area (Å²) in [5.41, 5.74) is 5.76. The molecule has 1 saturated carbocycles. The topological polar surface area (TPSA) is 94.0 Å². The first-order valence-corrected chi connectivity index (χ1v) is 6.52. The maximum atomic E-state index is 11.9. The van der Waals surface area contributed by atoms with Crippen molar-refractivity contribution in [1.82, 2.24) is 15.5 Å². The highest BCUT2D eigenvalue weighted by Gasteiger charge is 2.25. The fourth-order valence-corrected chi connectivity index (χ4v) is 2.53.